The number of rotatable bonds is 6. The van der Waals surface area contributed by atoms with Gasteiger partial charge in [0.25, 0.3) is 0 Å². The van der Waals surface area contributed by atoms with Crippen LogP contribution in [0, 0.1) is 0 Å². The number of urea groups is 1. The van der Waals surface area contributed by atoms with E-state index in [0.29, 0.717) is 5.56 Å². The van der Waals surface area contributed by atoms with Crippen LogP contribution in [0.2, 0.25) is 0 Å². The van der Waals surface area contributed by atoms with E-state index in [1.165, 1.54) is 6.07 Å². The fraction of sp³-hybridized carbons (Fsp3) is 0.417. The number of nitrogens with one attached hydrogen (secondary N) is 2. The van der Waals surface area contributed by atoms with Crippen LogP contribution in [0.3, 0.4) is 0 Å². The lowest BCUT2D eigenvalue weighted by molar-refractivity contribution is -0.153. The molecule has 0 atom stereocenters. The third-order valence-electron chi connectivity index (χ3n) is 2.20. The average molecular weight is 292 g/mol. The highest BCUT2D eigenvalue weighted by Crippen LogP contribution is 2.21. The molecule has 20 heavy (non-hydrogen) atoms. The number of ether oxygens (including phenoxy) is 1. The topological polar surface area (TPSA) is 70.6 Å². The van der Waals surface area contributed by atoms with Crippen LogP contribution in [-0.2, 0) is 6.54 Å². The molecule has 0 fully saturated rings. The van der Waals surface area contributed by atoms with Gasteiger partial charge in [-0.2, -0.15) is 13.2 Å². The van der Waals surface area contributed by atoms with Crippen molar-refractivity contribution < 1.29 is 27.8 Å². The lowest BCUT2D eigenvalue weighted by Crippen LogP contribution is -2.36. The molecule has 2 amide bonds. The van der Waals surface area contributed by atoms with Crippen molar-refractivity contribution in [1.82, 2.24) is 10.6 Å². The summed E-state index contributed by atoms with van der Waals surface area (Å²) in [7, 11) is 0. The Morgan fingerprint density at radius 3 is 2.60 bits per heavy atom. The van der Waals surface area contributed by atoms with E-state index in [1.54, 1.807) is 18.2 Å². The van der Waals surface area contributed by atoms with Crippen molar-refractivity contribution in [3.05, 3.63) is 29.8 Å². The summed E-state index contributed by atoms with van der Waals surface area (Å²) in [6.45, 7) is -1.47. The van der Waals surface area contributed by atoms with Crippen LogP contribution < -0.4 is 15.4 Å². The summed E-state index contributed by atoms with van der Waals surface area (Å²) < 4.78 is 41.0. The second kappa shape index (κ2) is 7.59. The number of alkyl halides is 3. The summed E-state index contributed by atoms with van der Waals surface area (Å²) in [5.74, 6) is 0.0623. The van der Waals surface area contributed by atoms with Crippen LogP contribution in [0.4, 0.5) is 18.0 Å². The van der Waals surface area contributed by atoms with E-state index in [2.05, 4.69) is 15.4 Å². The fourth-order valence-electron chi connectivity index (χ4n) is 1.36. The average Bonchev–Trinajstić information content (AvgIpc) is 2.40. The Labute approximate surface area is 113 Å². The molecule has 0 radical (unpaired) electrons. The summed E-state index contributed by atoms with van der Waals surface area (Å²) in [4.78, 5) is 11.2. The van der Waals surface area contributed by atoms with Crippen molar-refractivity contribution in [2.24, 2.45) is 0 Å². The van der Waals surface area contributed by atoms with E-state index < -0.39 is 18.8 Å². The predicted octanol–water partition coefficient (Wildman–Crippen LogP) is 1.42. The zero-order valence-electron chi connectivity index (χ0n) is 10.5. The molecule has 1 aromatic carbocycles. The number of para-hydroxylation sites is 1. The molecule has 0 unspecified atom stereocenters. The monoisotopic (exact) mass is 292 g/mol. The lowest BCUT2D eigenvalue weighted by Gasteiger charge is -2.13. The molecule has 0 spiro atoms. The lowest BCUT2D eigenvalue weighted by atomic mass is 10.2. The highest BCUT2D eigenvalue weighted by molar-refractivity contribution is 5.73. The van der Waals surface area contributed by atoms with Crippen molar-refractivity contribution in [2.75, 3.05) is 19.8 Å². The first-order valence-corrected chi connectivity index (χ1v) is 5.82. The maximum Gasteiger partial charge on any atom is 0.422 e. The number of halogens is 3. The quantitative estimate of drug-likeness (QED) is 0.742. The van der Waals surface area contributed by atoms with E-state index >= 15 is 0 Å². The molecule has 8 heteroatoms. The van der Waals surface area contributed by atoms with Gasteiger partial charge in [0, 0.05) is 18.7 Å². The van der Waals surface area contributed by atoms with Gasteiger partial charge in [-0.3, -0.25) is 0 Å². The van der Waals surface area contributed by atoms with E-state index in [0.717, 1.165) is 0 Å². The van der Waals surface area contributed by atoms with Gasteiger partial charge >= 0.3 is 12.2 Å². The fourth-order valence-corrected chi connectivity index (χ4v) is 1.36. The minimum Gasteiger partial charge on any atom is -0.484 e. The Bertz CT molecular complexity index is 438. The molecule has 1 rings (SSSR count). The summed E-state index contributed by atoms with van der Waals surface area (Å²) in [5.41, 5.74) is 0.427. The second-order valence-corrected chi connectivity index (χ2v) is 3.84. The highest BCUT2D eigenvalue weighted by Gasteiger charge is 2.28. The second-order valence-electron chi connectivity index (χ2n) is 3.84. The Balaban J connectivity index is 2.55. The van der Waals surface area contributed by atoms with Gasteiger partial charge in [0.1, 0.15) is 5.75 Å². The molecule has 0 saturated carbocycles. The number of carbonyl (C=O) groups excluding carboxylic acids is 1. The molecule has 3 N–H and O–H groups in total. The molecule has 0 aliphatic heterocycles. The first kappa shape index (κ1) is 16.1. The number of carbonyl (C=O) groups is 1. The van der Waals surface area contributed by atoms with Gasteiger partial charge in [-0.15, -0.1) is 0 Å². The van der Waals surface area contributed by atoms with Gasteiger partial charge in [0.15, 0.2) is 6.61 Å². The van der Waals surface area contributed by atoms with Crippen molar-refractivity contribution in [2.45, 2.75) is 12.7 Å². The van der Waals surface area contributed by atoms with Crippen LogP contribution in [-0.4, -0.2) is 37.1 Å². The zero-order chi connectivity index (χ0) is 15.0. The number of amides is 2. The number of benzene rings is 1. The maximum absolute atomic E-state index is 12.1. The van der Waals surface area contributed by atoms with Gasteiger partial charge in [0.2, 0.25) is 0 Å². The first-order chi connectivity index (χ1) is 9.42. The number of hydrogen-bond acceptors (Lipinski definition) is 3. The number of aliphatic hydroxyl groups excluding tert-OH is 1. The van der Waals surface area contributed by atoms with Gasteiger partial charge in [0.05, 0.1) is 6.61 Å². The van der Waals surface area contributed by atoms with Crippen LogP contribution in [0.5, 0.6) is 5.75 Å². The van der Waals surface area contributed by atoms with Crippen molar-refractivity contribution >= 4 is 6.03 Å². The summed E-state index contributed by atoms with van der Waals surface area (Å²) in [5, 5.41) is 13.3. The smallest absolute Gasteiger partial charge is 0.422 e. The molecule has 1 aromatic rings. The molecule has 0 aliphatic rings. The maximum atomic E-state index is 12.1. The van der Waals surface area contributed by atoms with Crippen LogP contribution in [0.1, 0.15) is 5.56 Å². The van der Waals surface area contributed by atoms with Crippen molar-refractivity contribution in [1.29, 1.82) is 0 Å². The standard InChI is InChI=1S/C12H15F3N2O3/c13-12(14,15)8-20-10-4-2-1-3-9(10)7-17-11(19)16-5-6-18/h1-4,18H,5-8H2,(H2,16,17,19). The van der Waals surface area contributed by atoms with E-state index in [4.69, 9.17) is 5.11 Å². The minimum atomic E-state index is -4.42. The van der Waals surface area contributed by atoms with Crippen LogP contribution in [0.15, 0.2) is 24.3 Å². The SMILES string of the molecule is O=C(NCCO)NCc1ccccc1OCC(F)(F)F. The van der Waals surface area contributed by atoms with Gasteiger partial charge in [-0.05, 0) is 6.07 Å². The van der Waals surface area contributed by atoms with Crippen LogP contribution in [0.25, 0.3) is 0 Å². The number of aliphatic hydroxyl groups is 1. The first-order valence-electron chi connectivity index (χ1n) is 5.82. The third-order valence-corrected chi connectivity index (χ3v) is 2.20. The molecule has 0 aromatic heterocycles. The summed E-state index contributed by atoms with van der Waals surface area (Å²) in [6.07, 6.45) is -4.42. The van der Waals surface area contributed by atoms with Gasteiger partial charge in [-0.1, -0.05) is 18.2 Å². The van der Waals surface area contributed by atoms with Gasteiger partial charge < -0.3 is 20.5 Å². The number of hydrogen-bond donors (Lipinski definition) is 3. The third kappa shape index (κ3) is 6.28. The minimum absolute atomic E-state index is 0.0191. The largest absolute Gasteiger partial charge is 0.484 e. The Hall–Kier alpha value is -1.96. The molecule has 0 heterocycles. The highest BCUT2D eigenvalue weighted by atomic mass is 19.4. The van der Waals surface area contributed by atoms with Crippen LogP contribution >= 0.6 is 0 Å². The van der Waals surface area contributed by atoms with Crippen molar-refractivity contribution in [3.8, 4) is 5.75 Å². The summed E-state index contributed by atoms with van der Waals surface area (Å²) in [6, 6.07) is 5.60. The molecule has 5 nitrogen and oxygen atoms in total. The molecule has 0 saturated heterocycles. The summed E-state index contributed by atoms with van der Waals surface area (Å²) >= 11 is 0. The predicted molar refractivity (Wildman–Crippen MR) is 65.3 cm³/mol. The Morgan fingerprint density at radius 1 is 1.25 bits per heavy atom. The Kier molecular flexibility index (Phi) is 6.10. The molecule has 0 aliphatic carbocycles. The van der Waals surface area contributed by atoms with E-state index in [-0.39, 0.29) is 25.4 Å². The normalized spacial score (nSPS) is 11.0. The van der Waals surface area contributed by atoms with Gasteiger partial charge in [-0.25, -0.2) is 4.79 Å². The van der Waals surface area contributed by atoms with Crippen molar-refractivity contribution in [3.63, 3.8) is 0 Å². The van der Waals surface area contributed by atoms with E-state index in [9.17, 15) is 18.0 Å². The zero-order valence-corrected chi connectivity index (χ0v) is 10.5. The molecule has 112 valence electrons. The molecular formula is C12H15F3N2O3. The molecular weight excluding hydrogens is 277 g/mol. The molecule has 0 bridgehead atoms. The van der Waals surface area contributed by atoms with E-state index in [1.807, 2.05) is 0 Å². The Morgan fingerprint density at radius 2 is 1.95 bits per heavy atom.